The zero-order valence-electron chi connectivity index (χ0n) is 18.7. The maximum absolute atomic E-state index is 12.2. The summed E-state index contributed by atoms with van der Waals surface area (Å²) < 4.78 is 12.2. The summed E-state index contributed by atoms with van der Waals surface area (Å²) in [6, 6.07) is 0. The standard InChI is InChI=1S/C27H45F/c1-21-5-7-24(8-6-21)9-10-25-15-17-27(18-16-25)22(2)20-26-13-11-23(12-14-26)4-3-19-28/h3,19-21,23-27H,4-18H2,1-2H3/b19-3+,22-20+. The number of hydrogen-bond acceptors (Lipinski definition) is 0. The molecule has 0 unspecified atom stereocenters. The first-order chi connectivity index (χ1) is 13.6. The molecule has 3 aliphatic rings. The summed E-state index contributed by atoms with van der Waals surface area (Å²) in [5, 5.41) is 0. The minimum absolute atomic E-state index is 0.722. The molecule has 3 saturated carbocycles. The smallest absolute Gasteiger partial charge is 0.0827 e. The summed E-state index contributed by atoms with van der Waals surface area (Å²) in [6.45, 7) is 4.84. The molecule has 0 heterocycles. The molecule has 3 rings (SSSR count). The van der Waals surface area contributed by atoms with Gasteiger partial charge in [0.25, 0.3) is 0 Å². The Labute approximate surface area is 174 Å². The van der Waals surface area contributed by atoms with E-state index in [9.17, 15) is 4.39 Å². The van der Waals surface area contributed by atoms with Crippen LogP contribution in [0.1, 0.15) is 110 Å². The summed E-state index contributed by atoms with van der Waals surface area (Å²) >= 11 is 0. The van der Waals surface area contributed by atoms with E-state index in [0.29, 0.717) is 0 Å². The van der Waals surface area contributed by atoms with Crippen LogP contribution in [0.2, 0.25) is 0 Å². The van der Waals surface area contributed by atoms with Gasteiger partial charge in [-0.3, -0.25) is 0 Å². The molecule has 0 aromatic rings. The normalized spacial score (nSPS) is 38.0. The van der Waals surface area contributed by atoms with Crippen molar-refractivity contribution in [2.24, 2.45) is 35.5 Å². The zero-order chi connectivity index (χ0) is 19.8. The quantitative estimate of drug-likeness (QED) is 0.382. The number of halogens is 1. The highest BCUT2D eigenvalue weighted by Gasteiger charge is 2.25. The highest BCUT2D eigenvalue weighted by molar-refractivity contribution is 5.07. The van der Waals surface area contributed by atoms with Gasteiger partial charge in [-0.2, -0.15) is 0 Å². The van der Waals surface area contributed by atoms with Gasteiger partial charge in [0.15, 0.2) is 0 Å². The molecule has 0 bridgehead atoms. The topological polar surface area (TPSA) is 0 Å². The van der Waals surface area contributed by atoms with Crippen molar-refractivity contribution in [3.05, 3.63) is 24.1 Å². The van der Waals surface area contributed by atoms with E-state index in [-0.39, 0.29) is 0 Å². The summed E-state index contributed by atoms with van der Waals surface area (Å²) in [4.78, 5) is 0. The average Bonchev–Trinajstić information content (AvgIpc) is 2.73. The fourth-order valence-corrected chi connectivity index (χ4v) is 6.34. The highest BCUT2D eigenvalue weighted by atomic mass is 19.1. The molecule has 1 heteroatoms. The van der Waals surface area contributed by atoms with Crippen LogP contribution in [0.3, 0.4) is 0 Å². The van der Waals surface area contributed by atoms with Gasteiger partial charge in [0, 0.05) is 0 Å². The van der Waals surface area contributed by atoms with Crippen molar-refractivity contribution >= 4 is 0 Å². The Morgan fingerprint density at radius 1 is 0.750 bits per heavy atom. The van der Waals surface area contributed by atoms with E-state index in [4.69, 9.17) is 0 Å². The van der Waals surface area contributed by atoms with Crippen molar-refractivity contribution in [3.63, 3.8) is 0 Å². The maximum atomic E-state index is 12.2. The van der Waals surface area contributed by atoms with Crippen LogP contribution >= 0.6 is 0 Å². The Hall–Kier alpha value is -0.590. The van der Waals surface area contributed by atoms with Crippen molar-refractivity contribution in [1.82, 2.24) is 0 Å². The van der Waals surface area contributed by atoms with Crippen LogP contribution in [0.25, 0.3) is 0 Å². The van der Waals surface area contributed by atoms with Gasteiger partial charge in [0.2, 0.25) is 0 Å². The molecule has 0 N–H and O–H groups in total. The molecule has 0 amide bonds. The minimum atomic E-state index is 0.722. The molecule has 0 aliphatic heterocycles. The van der Waals surface area contributed by atoms with Crippen molar-refractivity contribution in [2.75, 3.05) is 0 Å². The molecular formula is C27H45F. The predicted molar refractivity (Wildman–Crippen MR) is 120 cm³/mol. The monoisotopic (exact) mass is 388 g/mol. The van der Waals surface area contributed by atoms with Crippen molar-refractivity contribution in [1.29, 1.82) is 0 Å². The largest absolute Gasteiger partial charge is 0.216 e. The second-order valence-electron chi connectivity index (χ2n) is 10.7. The van der Waals surface area contributed by atoms with E-state index in [1.165, 1.54) is 89.9 Å². The Balaban J connectivity index is 1.33. The van der Waals surface area contributed by atoms with Gasteiger partial charge in [0.05, 0.1) is 6.33 Å². The average molecular weight is 389 g/mol. The van der Waals surface area contributed by atoms with Gasteiger partial charge in [-0.25, -0.2) is 4.39 Å². The van der Waals surface area contributed by atoms with E-state index in [0.717, 1.165) is 48.3 Å². The second-order valence-corrected chi connectivity index (χ2v) is 10.7. The van der Waals surface area contributed by atoms with E-state index in [1.807, 2.05) is 0 Å². The summed E-state index contributed by atoms with van der Waals surface area (Å²) in [6.07, 6.45) is 26.0. The van der Waals surface area contributed by atoms with E-state index < -0.39 is 0 Å². The fraction of sp³-hybridized carbons (Fsp3) is 0.852. The number of allylic oxidation sites excluding steroid dienone is 3. The molecule has 0 nitrogen and oxygen atoms in total. The van der Waals surface area contributed by atoms with Crippen LogP contribution in [0.4, 0.5) is 4.39 Å². The van der Waals surface area contributed by atoms with Crippen molar-refractivity contribution in [2.45, 2.75) is 110 Å². The third-order valence-corrected chi connectivity index (χ3v) is 8.56. The molecule has 3 fully saturated rings. The van der Waals surface area contributed by atoms with Gasteiger partial charge >= 0.3 is 0 Å². The lowest BCUT2D eigenvalue weighted by Crippen LogP contribution is -2.19. The minimum Gasteiger partial charge on any atom is -0.216 e. The van der Waals surface area contributed by atoms with Crippen LogP contribution in [-0.4, -0.2) is 0 Å². The van der Waals surface area contributed by atoms with Crippen molar-refractivity contribution in [3.8, 4) is 0 Å². The fourth-order valence-electron chi connectivity index (χ4n) is 6.34. The van der Waals surface area contributed by atoms with Crippen LogP contribution in [0, 0.1) is 35.5 Å². The highest BCUT2D eigenvalue weighted by Crippen LogP contribution is 2.39. The maximum Gasteiger partial charge on any atom is 0.0827 e. The first-order valence-electron chi connectivity index (χ1n) is 12.6. The van der Waals surface area contributed by atoms with Gasteiger partial charge in [-0.15, -0.1) is 0 Å². The van der Waals surface area contributed by atoms with E-state index in [1.54, 1.807) is 11.6 Å². The SMILES string of the molecule is C/C(=C\C1CCC(C/C=C/F)CC1)C1CCC(CCC2CCC(C)CC2)CC1. The Bertz CT molecular complexity index is 480. The lowest BCUT2D eigenvalue weighted by Gasteiger charge is -2.32. The second kappa shape index (κ2) is 11.6. The third-order valence-electron chi connectivity index (χ3n) is 8.56. The van der Waals surface area contributed by atoms with E-state index in [2.05, 4.69) is 19.9 Å². The zero-order valence-corrected chi connectivity index (χ0v) is 18.7. The van der Waals surface area contributed by atoms with Crippen LogP contribution in [0.5, 0.6) is 0 Å². The summed E-state index contributed by atoms with van der Waals surface area (Å²) in [7, 11) is 0. The molecule has 0 saturated heterocycles. The molecule has 0 spiro atoms. The number of hydrogen-bond donors (Lipinski definition) is 0. The first-order valence-corrected chi connectivity index (χ1v) is 12.6. The third kappa shape index (κ3) is 7.03. The predicted octanol–water partition coefficient (Wildman–Crippen LogP) is 9.03. The molecule has 28 heavy (non-hydrogen) atoms. The first kappa shape index (κ1) is 22.1. The summed E-state index contributed by atoms with van der Waals surface area (Å²) in [5.74, 6) is 5.42. The lowest BCUT2D eigenvalue weighted by atomic mass is 9.73. The molecule has 0 aromatic carbocycles. The number of rotatable bonds is 7. The van der Waals surface area contributed by atoms with Crippen LogP contribution < -0.4 is 0 Å². The van der Waals surface area contributed by atoms with Crippen LogP contribution in [0.15, 0.2) is 24.1 Å². The Kier molecular flexibility index (Phi) is 9.12. The molecule has 0 aromatic heterocycles. The van der Waals surface area contributed by atoms with Gasteiger partial charge in [0.1, 0.15) is 0 Å². The summed E-state index contributed by atoms with van der Waals surface area (Å²) in [5.41, 5.74) is 1.69. The molecule has 3 aliphatic carbocycles. The van der Waals surface area contributed by atoms with Crippen molar-refractivity contribution < 1.29 is 4.39 Å². The molecule has 0 atom stereocenters. The molecule has 160 valence electrons. The van der Waals surface area contributed by atoms with Gasteiger partial charge in [-0.1, -0.05) is 63.2 Å². The van der Waals surface area contributed by atoms with Gasteiger partial charge in [-0.05, 0) is 100 Å². The molecular weight excluding hydrogens is 343 g/mol. The Morgan fingerprint density at radius 2 is 1.29 bits per heavy atom. The van der Waals surface area contributed by atoms with E-state index >= 15 is 0 Å². The van der Waals surface area contributed by atoms with Gasteiger partial charge < -0.3 is 0 Å². The Morgan fingerprint density at radius 3 is 1.86 bits per heavy atom. The van der Waals surface area contributed by atoms with Crippen LogP contribution in [-0.2, 0) is 0 Å². The molecule has 0 radical (unpaired) electrons. The lowest BCUT2D eigenvalue weighted by molar-refractivity contribution is 0.230.